The van der Waals surface area contributed by atoms with Crippen LogP contribution in [0, 0.1) is 17.8 Å². The molecule has 0 spiro atoms. The van der Waals surface area contributed by atoms with Crippen LogP contribution in [0.2, 0.25) is 0 Å². The number of carbonyl (C=O) groups excluding carboxylic acids is 1. The Balaban J connectivity index is 1.63. The van der Waals surface area contributed by atoms with Crippen molar-refractivity contribution in [2.75, 3.05) is 18.4 Å². The van der Waals surface area contributed by atoms with Crippen molar-refractivity contribution < 1.29 is 4.79 Å². The van der Waals surface area contributed by atoms with E-state index in [4.69, 9.17) is 0 Å². The van der Waals surface area contributed by atoms with E-state index in [1.807, 2.05) is 6.92 Å². The maximum absolute atomic E-state index is 12.2. The smallest absolute Gasteiger partial charge is 0.229 e. The molecule has 3 rings (SSSR count). The molecule has 1 fully saturated rings. The number of amides is 1. The molecule has 1 amide bonds. The second kappa shape index (κ2) is 5.82. The number of thiazole rings is 1. The van der Waals surface area contributed by atoms with Crippen molar-refractivity contribution in [1.82, 2.24) is 10.3 Å². The molecule has 110 valence electrons. The van der Waals surface area contributed by atoms with Gasteiger partial charge in [0, 0.05) is 10.8 Å². The molecule has 1 aromatic heterocycles. The fourth-order valence-electron chi connectivity index (χ4n) is 2.94. The maximum Gasteiger partial charge on any atom is 0.229 e. The molecule has 5 heteroatoms. The molecule has 0 saturated carbocycles. The van der Waals surface area contributed by atoms with Crippen molar-refractivity contribution in [3.8, 4) is 0 Å². The first-order chi connectivity index (χ1) is 9.67. The van der Waals surface area contributed by atoms with Crippen molar-refractivity contribution in [1.29, 1.82) is 0 Å². The number of nitrogens with one attached hydrogen (secondary N) is 2. The third-order valence-corrected chi connectivity index (χ3v) is 5.82. The molecule has 2 N–H and O–H groups in total. The Bertz CT molecular complexity index is 495. The number of aromatic nitrogens is 1. The van der Waals surface area contributed by atoms with E-state index in [1.165, 1.54) is 23.4 Å². The Kier molecular flexibility index (Phi) is 4.08. The first-order valence-corrected chi connectivity index (χ1v) is 8.49. The van der Waals surface area contributed by atoms with Crippen LogP contribution in [0.15, 0.2) is 0 Å². The molecule has 4 nitrogen and oxygen atoms in total. The maximum atomic E-state index is 12.2. The number of hydrogen-bond acceptors (Lipinski definition) is 4. The van der Waals surface area contributed by atoms with Crippen LogP contribution < -0.4 is 10.6 Å². The molecule has 0 bridgehead atoms. The lowest BCUT2D eigenvalue weighted by Gasteiger charge is -2.31. The summed E-state index contributed by atoms with van der Waals surface area (Å²) >= 11 is 1.68. The van der Waals surface area contributed by atoms with Crippen LogP contribution in [0.3, 0.4) is 0 Å². The zero-order valence-electron chi connectivity index (χ0n) is 12.2. The van der Waals surface area contributed by atoms with Gasteiger partial charge >= 0.3 is 0 Å². The fraction of sp³-hybridized carbons (Fsp3) is 0.733. The topological polar surface area (TPSA) is 54.0 Å². The average molecular weight is 293 g/mol. The zero-order chi connectivity index (χ0) is 14.1. The minimum Gasteiger partial charge on any atom is -0.316 e. The monoisotopic (exact) mass is 293 g/mol. The van der Waals surface area contributed by atoms with Gasteiger partial charge in [0.2, 0.25) is 5.91 Å². The van der Waals surface area contributed by atoms with Crippen LogP contribution in [0.4, 0.5) is 5.13 Å². The lowest BCUT2D eigenvalue weighted by molar-refractivity contribution is -0.121. The highest BCUT2D eigenvalue weighted by molar-refractivity contribution is 7.15. The largest absolute Gasteiger partial charge is 0.316 e. The quantitative estimate of drug-likeness (QED) is 0.896. The Morgan fingerprint density at radius 2 is 2.35 bits per heavy atom. The molecule has 2 heterocycles. The van der Waals surface area contributed by atoms with Crippen molar-refractivity contribution in [2.45, 2.75) is 39.5 Å². The molecule has 1 saturated heterocycles. The van der Waals surface area contributed by atoms with Crippen LogP contribution in [0.25, 0.3) is 0 Å². The van der Waals surface area contributed by atoms with Gasteiger partial charge in [-0.3, -0.25) is 4.79 Å². The summed E-state index contributed by atoms with van der Waals surface area (Å²) in [6, 6.07) is 0. The van der Waals surface area contributed by atoms with E-state index in [-0.39, 0.29) is 11.8 Å². The molecule has 0 aromatic carbocycles. The van der Waals surface area contributed by atoms with Gasteiger partial charge in [-0.1, -0.05) is 20.3 Å². The Hall–Kier alpha value is -0.940. The highest BCUT2D eigenvalue weighted by atomic mass is 32.1. The normalized spacial score (nSPS) is 23.8. The summed E-state index contributed by atoms with van der Waals surface area (Å²) in [4.78, 5) is 18.2. The second-order valence-electron chi connectivity index (χ2n) is 6.10. The molecular formula is C15H23N3OS. The SMILES string of the molecule is CCC1CCc2nc(NC(=O)C(C)C3CNC3)sc2C1. The van der Waals surface area contributed by atoms with Crippen LogP contribution in [-0.4, -0.2) is 24.0 Å². The van der Waals surface area contributed by atoms with Gasteiger partial charge in [-0.05, 0) is 44.2 Å². The van der Waals surface area contributed by atoms with E-state index in [0.717, 1.165) is 37.0 Å². The van der Waals surface area contributed by atoms with E-state index in [0.29, 0.717) is 5.92 Å². The Morgan fingerprint density at radius 3 is 3.00 bits per heavy atom. The summed E-state index contributed by atoms with van der Waals surface area (Å²) in [7, 11) is 0. The summed E-state index contributed by atoms with van der Waals surface area (Å²) in [6.07, 6.45) is 4.69. The average Bonchev–Trinajstić information content (AvgIpc) is 2.77. The second-order valence-corrected chi connectivity index (χ2v) is 7.19. The minimum atomic E-state index is 0.0700. The molecule has 2 atom stereocenters. The van der Waals surface area contributed by atoms with Gasteiger partial charge in [0.1, 0.15) is 0 Å². The molecular weight excluding hydrogens is 270 g/mol. The number of carbonyl (C=O) groups is 1. The summed E-state index contributed by atoms with van der Waals surface area (Å²) in [5.41, 5.74) is 1.22. The van der Waals surface area contributed by atoms with Gasteiger partial charge in [-0.15, -0.1) is 11.3 Å². The summed E-state index contributed by atoms with van der Waals surface area (Å²) < 4.78 is 0. The number of hydrogen-bond donors (Lipinski definition) is 2. The van der Waals surface area contributed by atoms with Crippen molar-refractivity contribution in [3.05, 3.63) is 10.6 Å². The van der Waals surface area contributed by atoms with E-state index in [9.17, 15) is 4.79 Å². The summed E-state index contributed by atoms with van der Waals surface area (Å²) in [6.45, 7) is 6.19. The number of fused-ring (bicyclic) bond motifs is 1. The highest BCUT2D eigenvalue weighted by Crippen LogP contribution is 2.33. The van der Waals surface area contributed by atoms with Crippen LogP contribution in [-0.2, 0) is 17.6 Å². The predicted octanol–water partition coefficient (Wildman–Crippen LogP) is 2.45. The lowest BCUT2D eigenvalue weighted by atomic mass is 9.88. The van der Waals surface area contributed by atoms with E-state index >= 15 is 0 Å². The van der Waals surface area contributed by atoms with Crippen molar-refractivity contribution in [3.63, 3.8) is 0 Å². The first-order valence-electron chi connectivity index (χ1n) is 7.67. The Morgan fingerprint density at radius 1 is 1.55 bits per heavy atom. The Labute approximate surface area is 124 Å². The standard InChI is InChI=1S/C15H23N3OS/c1-3-10-4-5-12-13(6-10)20-15(17-12)18-14(19)9(2)11-7-16-8-11/h9-11,16H,3-8H2,1-2H3,(H,17,18,19). The predicted molar refractivity (Wildman–Crippen MR) is 82.1 cm³/mol. The summed E-state index contributed by atoms with van der Waals surface area (Å²) in [5, 5.41) is 7.04. The third-order valence-electron chi connectivity index (χ3n) is 4.78. The number of nitrogens with zero attached hydrogens (tertiary/aromatic N) is 1. The molecule has 2 aliphatic rings. The van der Waals surface area contributed by atoms with Crippen molar-refractivity contribution >= 4 is 22.4 Å². The molecule has 20 heavy (non-hydrogen) atoms. The highest BCUT2D eigenvalue weighted by Gasteiger charge is 2.29. The van der Waals surface area contributed by atoms with Crippen LogP contribution in [0.1, 0.15) is 37.3 Å². The minimum absolute atomic E-state index is 0.0700. The number of aryl methyl sites for hydroxylation is 1. The van der Waals surface area contributed by atoms with Gasteiger partial charge in [0.25, 0.3) is 0 Å². The first kappa shape index (κ1) is 14.0. The number of rotatable bonds is 4. The molecule has 1 aliphatic heterocycles. The van der Waals surface area contributed by atoms with Gasteiger partial charge in [0.15, 0.2) is 5.13 Å². The number of anilines is 1. The lowest BCUT2D eigenvalue weighted by Crippen LogP contribution is -2.48. The van der Waals surface area contributed by atoms with E-state index in [1.54, 1.807) is 11.3 Å². The van der Waals surface area contributed by atoms with Gasteiger partial charge in [-0.25, -0.2) is 4.98 Å². The molecule has 1 aromatic rings. The van der Waals surface area contributed by atoms with E-state index in [2.05, 4.69) is 22.5 Å². The van der Waals surface area contributed by atoms with E-state index < -0.39 is 0 Å². The van der Waals surface area contributed by atoms with Crippen molar-refractivity contribution in [2.24, 2.45) is 17.8 Å². The molecule has 1 aliphatic carbocycles. The van der Waals surface area contributed by atoms with Crippen LogP contribution >= 0.6 is 11.3 Å². The van der Waals surface area contributed by atoms with Gasteiger partial charge in [0.05, 0.1) is 5.69 Å². The fourth-order valence-corrected chi connectivity index (χ4v) is 4.07. The summed E-state index contributed by atoms with van der Waals surface area (Å²) in [5.74, 6) is 1.47. The molecule has 2 unspecified atom stereocenters. The molecule has 0 radical (unpaired) electrons. The third kappa shape index (κ3) is 2.74. The van der Waals surface area contributed by atoms with Gasteiger partial charge < -0.3 is 10.6 Å². The van der Waals surface area contributed by atoms with Gasteiger partial charge in [-0.2, -0.15) is 0 Å². The van der Waals surface area contributed by atoms with Crippen LogP contribution in [0.5, 0.6) is 0 Å². The zero-order valence-corrected chi connectivity index (χ0v) is 13.1.